The summed E-state index contributed by atoms with van der Waals surface area (Å²) in [4.78, 5) is 54.9. The van der Waals surface area contributed by atoms with Gasteiger partial charge in [-0.05, 0) is 51.6 Å². The van der Waals surface area contributed by atoms with Crippen molar-refractivity contribution in [3.05, 3.63) is 0 Å². The van der Waals surface area contributed by atoms with Gasteiger partial charge in [0, 0.05) is 65.1 Å². The minimum atomic E-state index is -3.48. The highest BCUT2D eigenvalue weighted by molar-refractivity contribution is 14.1. The van der Waals surface area contributed by atoms with E-state index in [1.807, 2.05) is 32.6 Å². The van der Waals surface area contributed by atoms with Crippen LogP contribution in [0.2, 0.25) is 11.6 Å². The average Bonchev–Trinajstić information content (AvgIpc) is 3.25. The quantitative estimate of drug-likeness (QED) is 0.0334. The first-order valence-electron chi connectivity index (χ1n) is 15.5. The van der Waals surface area contributed by atoms with Crippen LogP contribution in [0.5, 0.6) is 0 Å². The monoisotopic (exact) mass is 805 g/mol. The van der Waals surface area contributed by atoms with Crippen molar-refractivity contribution < 1.29 is 55.6 Å². The van der Waals surface area contributed by atoms with Gasteiger partial charge < -0.3 is 36.4 Å². The smallest absolute Gasteiger partial charge is 0.481 e. The fourth-order valence-corrected chi connectivity index (χ4v) is 15.0. The number of carbonyl (C=O) groups excluding carboxylic acids is 3. The average molecular weight is 806 g/mol. The van der Waals surface area contributed by atoms with Gasteiger partial charge in [-0.15, -0.1) is 8.46 Å². The number of hydrogen-bond donors (Lipinski definition) is 1. The predicted octanol–water partition coefficient (Wildman–Crippen LogP) is 4.88. The summed E-state index contributed by atoms with van der Waals surface area (Å²) in [5.41, 5.74) is -0.582. The van der Waals surface area contributed by atoms with E-state index in [1.54, 1.807) is 13.8 Å². The number of hydrogen-bond acceptors (Lipinski definition) is 11. The van der Waals surface area contributed by atoms with Crippen LogP contribution in [-0.2, 0) is 50.5 Å². The molecule has 12 nitrogen and oxygen atoms in total. The SMILES string of the molecule is CCO[Si](OCC)(OCC)C(CC)C1C(=O)OC(=O)C1CC(C)(P[B]I)C(C(=O)O)C(C)C(=O)CCCC[Si](OC)(OC)OC. The molecule has 17 heteroatoms. The molecule has 1 aliphatic heterocycles. The van der Waals surface area contributed by atoms with E-state index in [0.29, 0.717) is 25.3 Å². The molecular weight excluding hydrogens is 753 g/mol. The number of carbonyl (C=O) groups is 4. The number of ether oxygens (including phenoxy) is 1. The van der Waals surface area contributed by atoms with Gasteiger partial charge in [-0.1, -0.05) is 20.8 Å². The van der Waals surface area contributed by atoms with Gasteiger partial charge in [-0.2, -0.15) is 22.4 Å². The van der Waals surface area contributed by atoms with E-state index in [9.17, 15) is 24.3 Å². The fraction of sp³-hybridized carbons (Fsp3) is 0.857. The molecule has 0 spiro atoms. The van der Waals surface area contributed by atoms with Gasteiger partial charge in [0.1, 0.15) is 5.78 Å². The Morgan fingerprint density at radius 1 is 1.00 bits per heavy atom. The van der Waals surface area contributed by atoms with Crippen LogP contribution in [0, 0.1) is 23.7 Å². The standard InChI is InChI=1S/C28H52BIO12PSi2/c1-10-22(45(39-11-2,40-12-3)41-13-4)23-20(26(34)42-27(23)35)18-28(6,43-29-30)24(25(32)33)19(5)21(31)16-14-15-17-44(36-7,37-8)38-9/h19-20,22-24,43H,10-18H2,1-9H3,(H,32,33). The van der Waals surface area contributed by atoms with E-state index in [2.05, 4.69) is 22.4 Å². The largest absolute Gasteiger partial charge is 0.505 e. The Kier molecular flexibility index (Phi) is 19.2. The Balaban J connectivity index is 3.40. The Bertz CT molecular complexity index is 953. The van der Waals surface area contributed by atoms with Crippen molar-refractivity contribution in [3.8, 4) is 0 Å². The summed E-state index contributed by atoms with van der Waals surface area (Å²) in [6, 6.07) is 0.525. The van der Waals surface area contributed by atoms with Gasteiger partial charge in [0.25, 0.3) is 0 Å². The third-order valence-corrected chi connectivity index (χ3v) is 17.4. The van der Waals surface area contributed by atoms with E-state index in [4.69, 9.17) is 31.3 Å². The molecule has 1 rings (SSSR count). The van der Waals surface area contributed by atoms with Gasteiger partial charge in [0.05, 0.1) is 17.8 Å². The maximum Gasteiger partial charge on any atom is 0.505 e. The molecule has 45 heavy (non-hydrogen) atoms. The van der Waals surface area contributed by atoms with E-state index in [-0.39, 0.29) is 46.9 Å². The van der Waals surface area contributed by atoms with Crippen molar-refractivity contribution in [2.24, 2.45) is 23.7 Å². The molecule has 7 unspecified atom stereocenters. The molecule has 0 amide bonds. The lowest BCUT2D eigenvalue weighted by molar-refractivity contribution is -0.154. The highest BCUT2D eigenvalue weighted by Crippen LogP contribution is 2.52. The first-order chi connectivity index (χ1) is 21.3. The van der Waals surface area contributed by atoms with E-state index < -0.39 is 69.9 Å². The lowest BCUT2D eigenvalue weighted by atomic mass is 9.73. The lowest BCUT2D eigenvalue weighted by Crippen LogP contribution is -2.54. The molecule has 1 saturated heterocycles. The second kappa shape index (κ2) is 20.3. The summed E-state index contributed by atoms with van der Waals surface area (Å²) >= 11 is 2.07. The molecule has 1 aliphatic rings. The predicted molar refractivity (Wildman–Crippen MR) is 185 cm³/mol. The van der Waals surface area contributed by atoms with Gasteiger partial charge in [-0.3, -0.25) is 19.2 Å². The van der Waals surface area contributed by atoms with Crippen LogP contribution in [0.4, 0.5) is 0 Å². The van der Waals surface area contributed by atoms with Crippen molar-refractivity contribution in [2.75, 3.05) is 41.2 Å². The molecule has 0 aromatic heterocycles. The molecule has 0 aromatic rings. The molecule has 0 aromatic carbocycles. The van der Waals surface area contributed by atoms with Gasteiger partial charge in [0.15, 0.2) is 0 Å². The minimum absolute atomic E-state index is 0.0249. The third kappa shape index (κ3) is 10.8. The Morgan fingerprint density at radius 2 is 1.53 bits per heavy atom. The number of cyclic esters (lactones) is 2. The summed E-state index contributed by atoms with van der Waals surface area (Å²) in [5.74, 6) is -6.55. The number of ketones is 1. The number of rotatable bonds is 25. The van der Waals surface area contributed by atoms with Crippen LogP contribution in [0.25, 0.3) is 0 Å². The first-order valence-corrected chi connectivity index (χ1v) is 21.6. The zero-order valence-electron chi connectivity index (χ0n) is 28.1. The molecule has 259 valence electrons. The van der Waals surface area contributed by atoms with Crippen molar-refractivity contribution in [3.63, 3.8) is 0 Å². The van der Waals surface area contributed by atoms with Crippen molar-refractivity contribution in [1.29, 1.82) is 0 Å². The lowest BCUT2D eigenvalue weighted by Gasteiger charge is -2.42. The number of Topliss-reactive ketones (excluding diaryl/α,β-unsaturated/α-hetero) is 1. The maximum atomic E-state index is 13.4. The second-order valence-electron chi connectivity index (χ2n) is 11.2. The fourth-order valence-electron chi connectivity index (χ4n) is 6.49. The number of esters is 2. The topological polar surface area (TPSA) is 153 Å². The van der Waals surface area contributed by atoms with E-state index in [0.717, 1.165) is 0 Å². The van der Waals surface area contributed by atoms with E-state index in [1.165, 1.54) is 21.3 Å². The molecular formula is C28H52BIO12PSi2. The van der Waals surface area contributed by atoms with Crippen LogP contribution in [0.3, 0.4) is 0 Å². The van der Waals surface area contributed by atoms with Crippen molar-refractivity contribution in [1.82, 2.24) is 0 Å². The summed E-state index contributed by atoms with van der Waals surface area (Å²) < 4.78 is 40.0. The second-order valence-corrected chi connectivity index (χ2v) is 20.7. The highest BCUT2D eigenvalue weighted by Gasteiger charge is 2.61. The zero-order chi connectivity index (χ0) is 34.4. The van der Waals surface area contributed by atoms with E-state index >= 15 is 0 Å². The molecule has 1 fully saturated rings. The van der Waals surface area contributed by atoms with Crippen LogP contribution in [0.1, 0.15) is 73.6 Å². The molecule has 0 bridgehead atoms. The molecule has 1 radical (unpaired) electrons. The molecule has 1 N–H and O–H groups in total. The normalized spacial score (nSPS) is 21.0. The van der Waals surface area contributed by atoms with Crippen molar-refractivity contribution in [2.45, 2.75) is 90.4 Å². The summed E-state index contributed by atoms with van der Waals surface area (Å²) in [7, 11) is -1.70. The molecule has 0 aliphatic carbocycles. The number of aliphatic carboxylic acids is 1. The Labute approximate surface area is 286 Å². The highest BCUT2D eigenvalue weighted by atomic mass is 127. The summed E-state index contributed by atoms with van der Waals surface area (Å²) in [5, 5.41) is 9.50. The molecule has 1 heterocycles. The van der Waals surface area contributed by atoms with Crippen LogP contribution < -0.4 is 0 Å². The number of unbranched alkanes of at least 4 members (excludes halogenated alkanes) is 1. The van der Waals surface area contributed by atoms with Gasteiger partial charge in [0.2, 0.25) is 4.86 Å². The number of carboxylic acid groups (broad SMARTS) is 1. The van der Waals surface area contributed by atoms with Crippen LogP contribution >= 0.6 is 30.8 Å². The third-order valence-electron chi connectivity index (χ3n) is 8.65. The summed E-state index contributed by atoms with van der Waals surface area (Å²) in [6.07, 6.45) is 1.75. The Hall–Kier alpha value is -0.301. The Morgan fingerprint density at radius 3 is 1.96 bits per heavy atom. The van der Waals surface area contributed by atoms with Gasteiger partial charge >= 0.3 is 35.5 Å². The maximum absolute atomic E-state index is 13.4. The number of halogens is 1. The summed E-state index contributed by atoms with van der Waals surface area (Å²) in [6.45, 7) is 11.6. The zero-order valence-corrected chi connectivity index (χ0v) is 33.3. The van der Waals surface area contributed by atoms with Gasteiger partial charge in [-0.25, -0.2) is 0 Å². The van der Waals surface area contributed by atoms with Crippen LogP contribution in [0.15, 0.2) is 0 Å². The minimum Gasteiger partial charge on any atom is -0.481 e. The number of carboxylic acids is 1. The van der Waals surface area contributed by atoms with Crippen molar-refractivity contribution >= 4 is 77.0 Å². The first kappa shape index (κ1) is 42.7. The van der Waals surface area contributed by atoms with Crippen LogP contribution in [-0.4, -0.2) is 97.6 Å². The molecule has 7 atom stereocenters. The molecule has 0 saturated carbocycles.